The summed E-state index contributed by atoms with van der Waals surface area (Å²) in [6.45, 7) is 7.83. The largest absolute Gasteiger partial charge is 0.505 e. The van der Waals surface area contributed by atoms with Crippen LogP contribution in [0.5, 0.6) is 5.75 Å². The molecule has 0 aliphatic rings. The summed E-state index contributed by atoms with van der Waals surface area (Å²) >= 11 is 0. The zero-order chi connectivity index (χ0) is 9.46. The fraction of sp³-hybridized carbons (Fsp3) is 0.400. The summed E-state index contributed by atoms with van der Waals surface area (Å²) in [4.78, 5) is 0. The first kappa shape index (κ1) is 8.91. The highest BCUT2D eigenvalue weighted by atomic mass is 16.3. The number of phenolic OH excluding ortho intramolecular Hbond substituents is 1. The number of rotatable bonds is 0. The molecule has 2 heteroatoms. The number of aromatic hydroxyl groups is 1. The van der Waals surface area contributed by atoms with E-state index < -0.39 is 0 Å². The molecule has 0 saturated heterocycles. The van der Waals surface area contributed by atoms with Gasteiger partial charge in [0.1, 0.15) is 5.75 Å². The van der Waals surface area contributed by atoms with Crippen LogP contribution >= 0.6 is 0 Å². The summed E-state index contributed by atoms with van der Waals surface area (Å²) in [5.74, 6) is 0.232. The summed E-state index contributed by atoms with van der Waals surface area (Å²) in [5, 5.41) is 9.57. The highest BCUT2D eigenvalue weighted by Crippen LogP contribution is 2.33. The highest BCUT2D eigenvalue weighted by molar-refractivity contribution is 5.65. The van der Waals surface area contributed by atoms with Crippen LogP contribution in [0.4, 0.5) is 5.69 Å². The van der Waals surface area contributed by atoms with Crippen molar-refractivity contribution in [3.05, 3.63) is 22.3 Å². The summed E-state index contributed by atoms with van der Waals surface area (Å²) in [6.07, 6.45) is 0. The van der Waals surface area contributed by atoms with E-state index >= 15 is 0 Å². The number of phenols is 1. The molecule has 0 aliphatic carbocycles. The van der Waals surface area contributed by atoms with E-state index in [1.54, 1.807) is 0 Å². The zero-order valence-electron chi connectivity index (χ0n) is 8.02. The maximum absolute atomic E-state index is 9.57. The van der Waals surface area contributed by atoms with Crippen LogP contribution in [-0.2, 0) is 0 Å². The second-order valence-electron chi connectivity index (χ2n) is 3.26. The van der Waals surface area contributed by atoms with Crippen LogP contribution in [0.15, 0.2) is 0 Å². The molecular weight excluding hydrogens is 150 g/mol. The first-order valence-corrected chi connectivity index (χ1v) is 4.01. The minimum atomic E-state index is 0.232. The molecule has 0 heterocycles. The number of hydrogen-bond donors (Lipinski definition) is 2. The minimum absolute atomic E-state index is 0.232. The van der Waals surface area contributed by atoms with Crippen molar-refractivity contribution in [2.75, 3.05) is 5.73 Å². The quantitative estimate of drug-likeness (QED) is 0.457. The number of nitrogen functional groups attached to an aromatic ring is 1. The van der Waals surface area contributed by atoms with Gasteiger partial charge in [0.05, 0.1) is 5.69 Å². The van der Waals surface area contributed by atoms with Crippen molar-refractivity contribution in [2.24, 2.45) is 0 Å². The Kier molecular flexibility index (Phi) is 2.01. The van der Waals surface area contributed by atoms with E-state index in [0.29, 0.717) is 5.69 Å². The van der Waals surface area contributed by atoms with Crippen LogP contribution in [0, 0.1) is 27.7 Å². The van der Waals surface area contributed by atoms with Crippen molar-refractivity contribution >= 4 is 5.69 Å². The predicted molar refractivity (Wildman–Crippen MR) is 51.5 cm³/mol. The second kappa shape index (κ2) is 2.70. The Bertz CT molecular complexity index is 224. The van der Waals surface area contributed by atoms with E-state index in [-0.39, 0.29) is 5.75 Å². The van der Waals surface area contributed by atoms with Gasteiger partial charge in [-0.15, -0.1) is 0 Å². The molecule has 66 valence electrons. The molecule has 0 bridgehead atoms. The van der Waals surface area contributed by atoms with Gasteiger partial charge in [-0.2, -0.15) is 0 Å². The second-order valence-corrected chi connectivity index (χ2v) is 3.26. The molecule has 3 N–H and O–H groups in total. The van der Waals surface area contributed by atoms with Crippen LogP contribution in [-0.4, -0.2) is 5.11 Å². The maximum Gasteiger partial charge on any atom is 0.141 e. The van der Waals surface area contributed by atoms with Crippen molar-refractivity contribution in [2.45, 2.75) is 27.7 Å². The zero-order valence-corrected chi connectivity index (χ0v) is 8.02. The first-order valence-electron chi connectivity index (χ1n) is 4.01. The lowest BCUT2D eigenvalue weighted by Crippen LogP contribution is -1.98. The smallest absolute Gasteiger partial charge is 0.141 e. The Morgan fingerprint density at radius 1 is 0.833 bits per heavy atom. The van der Waals surface area contributed by atoms with Crippen LogP contribution < -0.4 is 5.73 Å². The van der Waals surface area contributed by atoms with Gasteiger partial charge in [-0.3, -0.25) is 0 Å². The van der Waals surface area contributed by atoms with E-state index in [0.717, 1.165) is 16.7 Å². The summed E-state index contributed by atoms with van der Waals surface area (Å²) in [6, 6.07) is 0. The lowest BCUT2D eigenvalue weighted by Gasteiger charge is -2.13. The average molecular weight is 165 g/mol. The van der Waals surface area contributed by atoms with Gasteiger partial charge in [-0.05, 0) is 49.9 Å². The van der Waals surface area contributed by atoms with Gasteiger partial charge >= 0.3 is 0 Å². The van der Waals surface area contributed by atoms with E-state index in [4.69, 9.17) is 5.73 Å². The van der Waals surface area contributed by atoms with E-state index in [9.17, 15) is 5.11 Å². The standard InChI is InChI=1S/C10H15NO/c1-5-6(2)8(4)10(12)9(11)7(5)3/h12H,11H2,1-4H3. The molecule has 12 heavy (non-hydrogen) atoms. The predicted octanol–water partition coefficient (Wildman–Crippen LogP) is 2.21. The lowest BCUT2D eigenvalue weighted by atomic mass is 9.97. The molecule has 0 fully saturated rings. The number of anilines is 1. The monoisotopic (exact) mass is 165 g/mol. The van der Waals surface area contributed by atoms with Gasteiger partial charge in [0.2, 0.25) is 0 Å². The molecule has 0 atom stereocenters. The Morgan fingerprint density at radius 2 is 1.25 bits per heavy atom. The minimum Gasteiger partial charge on any atom is -0.505 e. The van der Waals surface area contributed by atoms with E-state index in [2.05, 4.69) is 0 Å². The number of nitrogens with two attached hydrogens (primary N) is 1. The lowest BCUT2D eigenvalue weighted by molar-refractivity contribution is 0.472. The fourth-order valence-electron chi connectivity index (χ4n) is 1.32. The molecule has 2 nitrogen and oxygen atoms in total. The third kappa shape index (κ3) is 1.04. The van der Waals surface area contributed by atoms with Crippen LogP contribution in [0.1, 0.15) is 22.3 Å². The average Bonchev–Trinajstić information content (AvgIpc) is 2.08. The molecule has 0 saturated carbocycles. The summed E-state index contributed by atoms with van der Waals surface area (Å²) in [7, 11) is 0. The Labute approximate surface area is 73.0 Å². The third-order valence-corrected chi connectivity index (χ3v) is 2.70. The van der Waals surface area contributed by atoms with Gasteiger partial charge in [0, 0.05) is 0 Å². The molecule has 0 amide bonds. The SMILES string of the molecule is Cc1c(C)c(C)c(O)c(N)c1C. The van der Waals surface area contributed by atoms with Crippen molar-refractivity contribution in [1.82, 2.24) is 0 Å². The fourth-order valence-corrected chi connectivity index (χ4v) is 1.32. The molecule has 0 spiro atoms. The Morgan fingerprint density at radius 3 is 1.75 bits per heavy atom. The molecule has 0 radical (unpaired) electrons. The molecule has 1 aromatic carbocycles. The van der Waals surface area contributed by atoms with Crippen LogP contribution in [0.2, 0.25) is 0 Å². The molecule has 0 unspecified atom stereocenters. The van der Waals surface area contributed by atoms with E-state index in [1.807, 2.05) is 27.7 Å². The summed E-state index contributed by atoms with van der Waals surface area (Å²) in [5.41, 5.74) is 10.4. The van der Waals surface area contributed by atoms with Gasteiger partial charge < -0.3 is 10.8 Å². The molecule has 1 aromatic rings. The molecular formula is C10H15NO. The third-order valence-electron chi connectivity index (χ3n) is 2.70. The maximum atomic E-state index is 9.57. The Balaban J connectivity index is 3.60. The van der Waals surface area contributed by atoms with Gasteiger partial charge in [0.15, 0.2) is 0 Å². The van der Waals surface area contributed by atoms with Crippen LogP contribution in [0.25, 0.3) is 0 Å². The van der Waals surface area contributed by atoms with Gasteiger partial charge in [-0.1, -0.05) is 0 Å². The van der Waals surface area contributed by atoms with E-state index in [1.165, 1.54) is 5.56 Å². The molecule has 0 aliphatic heterocycles. The van der Waals surface area contributed by atoms with Gasteiger partial charge in [-0.25, -0.2) is 0 Å². The number of benzene rings is 1. The molecule has 1 rings (SSSR count). The number of hydrogen-bond acceptors (Lipinski definition) is 2. The van der Waals surface area contributed by atoms with Crippen molar-refractivity contribution in [1.29, 1.82) is 0 Å². The van der Waals surface area contributed by atoms with Crippen molar-refractivity contribution < 1.29 is 5.11 Å². The first-order chi connectivity index (χ1) is 5.46. The van der Waals surface area contributed by atoms with Crippen molar-refractivity contribution in [3.63, 3.8) is 0 Å². The summed E-state index contributed by atoms with van der Waals surface area (Å²) < 4.78 is 0. The Hall–Kier alpha value is -1.18. The van der Waals surface area contributed by atoms with Crippen LogP contribution in [0.3, 0.4) is 0 Å². The van der Waals surface area contributed by atoms with Crippen molar-refractivity contribution in [3.8, 4) is 5.75 Å². The van der Waals surface area contributed by atoms with Gasteiger partial charge in [0.25, 0.3) is 0 Å². The molecule has 0 aromatic heterocycles. The normalized spacial score (nSPS) is 10.3. The highest BCUT2D eigenvalue weighted by Gasteiger charge is 2.10. The topological polar surface area (TPSA) is 46.2 Å².